The van der Waals surface area contributed by atoms with Crippen molar-refractivity contribution in [3.8, 4) is 5.75 Å². The first-order valence-corrected chi connectivity index (χ1v) is 11.6. The lowest BCUT2D eigenvalue weighted by Gasteiger charge is -2.19. The van der Waals surface area contributed by atoms with Gasteiger partial charge in [0.05, 0.1) is 13.2 Å². The van der Waals surface area contributed by atoms with Crippen LogP contribution >= 0.6 is 11.3 Å². The van der Waals surface area contributed by atoms with Crippen molar-refractivity contribution in [3.63, 3.8) is 0 Å². The molecule has 1 N–H and O–H groups in total. The van der Waals surface area contributed by atoms with Gasteiger partial charge >= 0.3 is 0 Å². The van der Waals surface area contributed by atoms with Crippen molar-refractivity contribution in [1.29, 1.82) is 0 Å². The van der Waals surface area contributed by atoms with Crippen molar-refractivity contribution in [2.45, 2.75) is 26.4 Å². The highest BCUT2D eigenvalue weighted by Gasteiger charge is 2.16. The molecule has 0 aliphatic carbocycles. The molecular formula is C25H25FN4O2S. The molecule has 1 heterocycles. The van der Waals surface area contributed by atoms with Crippen LogP contribution in [0.5, 0.6) is 5.75 Å². The number of ether oxygens (including phenoxy) is 1. The third-order valence-corrected chi connectivity index (χ3v) is 5.96. The third-order valence-electron chi connectivity index (χ3n) is 5.06. The normalized spacial score (nSPS) is 11.2. The number of anilines is 1. The molecule has 0 fully saturated rings. The molecule has 0 unspecified atom stereocenters. The van der Waals surface area contributed by atoms with Gasteiger partial charge < -0.3 is 10.1 Å². The summed E-state index contributed by atoms with van der Waals surface area (Å²) in [5.41, 5.74) is 1.63. The topological polar surface area (TPSA) is 67.3 Å². The van der Waals surface area contributed by atoms with E-state index in [1.165, 1.54) is 41.0 Å². The first kappa shape index (κ1) is 22.8. The van der Waals surface area contributed by atoms with Crippen molar-refractivity contribution in [2.75, 3.05) is 19.0 Å². The summed E-state index contributed by atoms with van der Waals surface area (Å²) >= 11 is 1.24. The van der Waals surface area contributed by atoms with Crippen LogP contribution in [0.25, 0.3) is 10.8 Å². The number of hydrogen-bond donors (Lipinski definition) is 1. The Bertz CT molecular complexity index is 1240. The summed E-state index contributed by atoms with van der Waals surface area (Å²) in [6.07, 6.45) is 0.940. The highest BCUT2D eigenvalue weighted by molar-refractivity contribution is 7.13. The zero-order chi connectivity index (χ0) is 23.2. The van der Waals surface area contributed by atoms with Gasteiger partial charge in [0.15, 0.2) is 0 Å². The second kappa shape index (κ2) is 10.5. The molecule has 4 aromatic rings. The van der Waals surface area contributed by atoms with Gasteiger partial charge in [0, 0.05) is 17.8 Å². The number of amides is 1. The Balaban J connectivity index is 1.46. The summed E-state index contributed by atoms with van der Waals surface area (Å²) in [4.78, 5) is 14.6. The Morgan fingerprint density at radius 1 is 1.06 bits per heavy atom. The van der Waals surface area contributed by atoms with Gasteiger partial charge in [-0.15, -0.1) is 10.2 Å². The Labute approximate surface area is 196 Å². The van der Waals surface area contributed by atoms with E-state index < -0.39 is 0 Å². The van der Waals surface area contributed by atoms with Crippen LogP contribution in [0.3, 0.4) is 0 Å². The van der Waals surface area contributed by atoms with Crippen LogP contribution in [-0.2, 0) is 13.1 Å². The predicted octanol–water partition coefficient (Wildman–Crippen LogP) is 5.50. The van der Waals surface area contributed by atoms with Crippen LogP contribution in [0, 0.1) is 5.82 Å². The summed E-state index contributed by atoms with van der Waals surface area (Å²) in [6, 6.07) is 18.0. The molecule has 0 aliphatic heterocycles. The van der Waals surface area contributed by atoms with Gasteiger partial charge in [0.1, 0.15) is 16.6 Å². The Hall–Kier alpha value is -3.36. The van der Waals surface area contributed by atoms with E-state index in [1.54, 1.807) is 0 Å². The number of halogens is 1. The van der Waals surface area contributed by atoms with E-state index in [1.807, 2.05) is 25.2 Å². The molecule has 3 aromatic carbocycles. The zero-order valence-electron chi connectivity index (χ0n) is 18.5. The maximum absolute atomic E-state index is 13.1. The molecule has 1 aromatic heterocycles. The second-order valence-electron chi connectivity index (χ2n) is 7.75. The number of benzene rings is 3. The first-order chi connectivity index (χ1) is 16.0. The minimum Gasteiger partial charge on any atom is -0.493 e. The van der Waals surface area contributed by atoms with Crippen LogP contribution in [0.1, 0.15) is 33.7 Å². The fraction of sp³-hybridized carbons (Fsp3) is 0.240. The summed E-state index contributed by atoms with van der Waals surface area (Å²) in [5.74, 6) is 0.167. The minimum absolute atomic E-state index is 0.264. The number of carbonyl (C=O) groups is 1. The zero-order valence-corrected chi connectivity index (χ0v) is 19.4. The lowest BCUT2D eigenvalue weighted by atomic mass is 10.0. The van der Waals surface area contributed by atoms with E-state index in [0.717, 1.165) is 28.1 Å². The Morgan fingerprint density at radius 3 is 2.64 bits per heavy atom. The fourth-order valence-electron chi connectivity index (χ4n) is 3.51. The van der Waals surface area contributed by atoms with Crippen molar-refractivity contribution >= 4 is 33.7 Å². The SMILES string of the molecule is CCCOc1ccc2ccccc2c1CN(C)Cc1nnc(C(=O)Nc2ccc(F)cc2)s1. The molecule has 0 spiro atoms. The van der Waals surface area contributed by atoms with Crippen LogP contribution < -0.4 is 10.1 Å². The molecular weight excluding hydrogens is 439 g/mol. The van der Waals surface area contributed by atoms with Gasteiger partial charge in [-0.05, 0) is 54.6 Å². The highest BCUT2D eigenvalue weighted by atomic mass is 32.1. The largest absolute Gasteiger partial charge is 0.493 e. The van der Waals surface area contributed by atoms with Crippen molar-refractivity contribution in [2.24, 2.45) is 0 Å². The molecule has 6 nitrogen and oxygen atoms in total. The van der Waals surface area contributed by atoms with Crippen LogP contribution in [0.4, 0.5) is 10.1 Å². The third kappa shape index (κ3) is 5.71. The molecule has 0 radical (unpaired) electrons. The number of rotatable bonds is 9. The van der Waals surface area contributed by atoms with Crippen LogP contribution in [0.2, 0.25) is 0 Å². The Morgan fingerprint density at radius 2 is 1.85 bits per heavy atom. The summed E-state index contributed by atoms with van der Waals surface area (Å²) in [5, 5.41) is 14.3. The van der Waals surface area contributed by atoms with E-state index in [2.05, 4.69) is 45.5 Å². The van der Waals surface area contributed by atoms with Gasteiger partial charge in [0.2, 0.25) is 5.01 Å². The van der Waals surface area contributed by atoms with Gasteiger partial charge in [0.25, 0.3) is 5.91 Å². The van der Waals surface area contributed by atoms with E-state index >= 15 is 0 Å². The average Bonchev–Trinajstić information content (AvgIpc) is 3.28. The van der Waals surface area contributed by atoms with Crippen molar-refractivity contribution < 1.29 is 13.9 Å². The average molecular weight is 465 g/mol. The predicted molar refractivity (Wildman–Crippen MR) is 129 cm³/mol. The lowest BCUT2D eigenvalue weighted by molar-refractivity contribution is 0.102. The molecule has 33 heavy (non-hydrogen) atoms. The number of fused-ring (bicyclic) bond motifs is 1. The van der Waals surface area contributed by atoms with Gasteiger partial charge in [-0.25, -0.2) is 4.39 Å². The van der Waals surface area contributed by atoms with Gasteiger partial charge in [-0.2, -0.15) is 0 Å². The van der Waals surface area contributed by atoms with Crippen LogP contribution in [-0.4, -0.2) is 34.7 Å². The molecule has 170 valence electrons. The molecule has 0 atom stereocenters. The maximum atomic E-state index is 13.1. The molecule has 1 amide bonds. The highest BCUT2D eigenvalue weighted by Crippen LogP contribution is 2.30. The minimum atomic E-state index is -0.364. The first-order valence-electron chi connectivity index (χ1n) is 10.7. The summed E-state index contributed by atoms with van der Waals surface area (Å²) < 4.78 is 19.1. The molecule has 4 rings (SSSR count). The van der Waals surface area contributed by atoms with Gasteiger partial charge in [-0.1, -0.05) is 48.6 Å². The number of carbonyl (C=O) groups excluding carboxylic acids is 1. The van der Waals surface area contributed by atoms with E-state index in [9.17, 15) is 9.18 Å². The maximum Gasteiger partial charge on any atom is 0.286 e. The molecule has 0 bridgehead atoms. The summed E-state index contributed by atoms with van der Waals surface area (Å²) in [6.45, 7) is 3.96. The lowest BCUT2D eigenvalue weighted by Crippen LogP contribution is -2.18. The quantitative estimate of drug-likeness (QED) is 0.354. The fourth-order valence-corrected chi connectivity index (χ4v) is 4.33. The van der Waals surface area contributed by atoms with Gasteiger partial charge in [-0.3, -0.25) is 9.69 Å². The summed E-state index contributed by atoms with van der Waals surface area (Å²) in [7, 11) is 2.00. The number of aromatic nitrogens is 2. The monoisotopic (exact) mass is 464 g/mol. The number of nitrogens with one attached hydrogen (secondary N) is 1. The van der Waals surface area contributed by atoms with E-state index in [-0.39, 0.29) is 16.7 Å². The smallest absolute Gasteiger partial charge is 0.286 e. The molecule has 0 saturated carbocycles. The standard InChI is InChI=1S/C25H25FN4O2S/c1-3-14-32-22-13-8-17-6-4-5-7-20(17)21(22)15-30(2)16-23-28-29-25(33-23)24(31)27-19-11-9-18(26)10-12-19/h4-13H,3,14-16H2,1-2H3,(H,27,31). The molecule has 0 saturated heterocycles. The number of hydrogen-bond acceptors (Lipinski definition) is 6. The van der Waals surface area contributed by atoms with Crippen molar-refractivity contribution in [1.82, 2.24) is 15.1 Å². The molecule has 8 heteroatoms. The van der Waals surface area contributed by atoms with Crippen molar-refractivity contribution in [3.05, 3.63) is 82.1 Å². The van der Waals surface area contributed by atoms with Crippen LogP contribution in [0.15, 0.2) is 60.7 Å². The molecule has 0 aliphatic rings. The Kier molecular flexibility index (Phi) is 7.26. The van der Waals surface area contributed by atoms with E-state index in [0.29, 0.717) is 25.4 Å². The number of nitrogens with zero attached hydrogens (tertiary/aromatic N) is 3. The van der Waals surface area contributed by atoms with E-state index in [4.69, 9.17) is 4.74 Å². The second-order valence-corrected chi connectivity index (χ2v) is 8.81.